The fourth-order valence-electron chi connectivity index (χ4n) is 1.66. The predicted octanol–water partition coefficient (Wildman–Crippen LogP) is 0.268. The molecule has 18 heavy (non-hydrogen) atoms. The summed E-state index contributed by atoms with van der Waals surface area (Å²) in [5.74, 6) is -0.207. The van der Waals surface area contributed by atoms with E-state index in [0.29, 0.717) is 32.1 Å². The van der Waals surface area contributed by atoms with Crippen LogP contribution in [0, 0.1) is 0 Å². The molecule has 2 heterocycles. The predicted molar refractivity (Wildman–Crippen MR) is 66.7 cm³/mol. The summed E-state index contributed by atoms with van der Waals surface area (Å²) in [4.78, 5) is 15.9. The Labute approximate surface area is 106 Å². The molecular formula is C12H17N3O3. The molecule has 1 atom stereocenters. The van der Waals surface area contributed by atoms with Crippen molar-refractivity contribution in [3.05, 3.63) is 24.0 Å². The number of nitrogens with one attached hydrogen (secondary N) is 2. The highest BCUT2D eigenvalue weighted by molar-refractivity contribution is 5.93. The van der Waals surface area contributed by atoms with Crippen molar-refractivity contribution in [3.8, 4) is 0 Å². The van der Waals surface area contributed by atoms with Gasteiger partial charge >= 0.3 is 0 Å². The first-order valence-electron chi connectivity index (χ1n) is 5.91. The molecule has 0 radical (unpaired) electrons. The van der Waals surface area contributed by atoms with Gasteiger partial charge in [0.1, 0.15) is 5.69 Å². The Morgan fingerprint density at radius 1 is 1.56 bits per heavy atom. The van der Waals surface area contributed by atoms with Crippen molar-refractivity contribution in [2.75, 3.05) is 38.7 Å². The number of anilines is 1. The fraction of sp³-hybridized carbons (Fsp3) is 0.500. The molecule has 1 aliphatic rings. The van der Waals surface area contributed by atoms with Crippen LogP contribution in [0.25, 0.3) is 0 Å². The molecule has 2 rings (SSSR count). The van der Waals surface area contributed by atoms with Crippen LogP contribution < -0.4 is 10.6 Å². The van der Waals surface area contributed by atoms with Gasteiger partial charge in [0.15, 0.2) is 0 Å². The lowest BCUT2D eigenvalue weighted by atomic mass is 10.3. The molecule has 0 saturated carbocycles. The first kappa shape index (κ1) is 12.8. The van der Waals surface area contributed by atoms with E-state index in [1.54, 1.807) is 25.4 Å². The third-order valence-corrected chi connectivity index (χ3v) is 2.66. The molecule has 0 spiro atoms. The molecule has 1 aromatic heterocycles. The quantitative estimate of drug-likeness (QED) is 0.803. The minimum atomic E-state index is -0.207. The van der Waals surface area contributed by atoms with E-state index in [-0.39, 0.29) is 12.0 Å². The van der Waals surface area contributed by atoms with Gasteiger partial charge < -0.3 is 20.1 Å². The van der Waals surface area contributed by atoms with Crippen molar-refractivity contribution in [1.29, 1.82) is 0 Å². The zero-order valence-electron chi connectivity index (χ0n) is 10.3. The van der Waals surface area contributed by atoms with Crippen molar-refractivity contribution in [2.24, 2.45) is 0 Å². The number of amides is 1. The van der Waals surface area contributed by atoms with E-state index >= 15 is 0 Å². The highest BCUT2D eigenvalue weighted by Gasteiger charge is 2.16. The molecule has 6 heteroatoms. The Kier molecular flexibility index (Phi) is 4.49. The summed E-state index contributed by atoms with van der Waals surface area (Å²) in [7, 11) is 1.80. The number of ether oxygens (including phenoxy) is 2. The number of carbonyl (C=O) groups is 1. The zero-order valence-corrected chi connectivity index (χ0v) is 10.3. The lowest BCUT2D eigenvalue weighted by Crippen LogP contribution is -2.39. The van der Waals surface area contributed by atoms with E-state index in [0.717, 1.165) is 5.69 Å². The first-order valence-corrected chi connectivity index (χ1v) is 5.91. The van der Waals surface area contributed by atoms with E-state index in [4.69, 9.17) is 9.47 Å². The van der Waals surface area contributed by atoms with Crippen LogP contribution in [0.1, 0.15) is 10.5 Å². The van der Waals surface area contributed by atoms with Crippen molar-refractivity contribution < 1.29 is 14.3 Å². The van der Waals surface area contributed by atoms with Crippen LogP contribution in [-0.4, -0.2) is 50.4 Å². The number of hydrogen-bond donors (Lipinski definition) is 2. The Balaban J connectivity index is 1.86. The third kappa shape index (κ3) is 3.41. The van der Waals surface area contributed by atoms with E-state index < -0.39 is 0 Å². The number of rotatable bonds is 4. The van der Waals surface area contributed by atoms with E-state index in [9.17, 15) is 4.79 Å². The van der Waals surface area contributed by atoms with Gasteiger partial charge in [-0.15, -0.1) is 0 Å². The summed E-state index contributed by atoms with van der Waals surface area (Å²) in [5.41, 5.74) is 1.24. The van der Waals surface area contributed by atoms with Crippen LogP contribution in [0.2, 0.25) is 0 Å². The summed E-state index contributed by atoms with van der Waals surface area (Å²) >= 11 is 0. The van der Waals surface area contributed by atoms with E-state index in [1.807, 2.05) is 0 Å². The monoisotopic (exact) mass is 251 g/mol. The molecular weight excluding hydrogens is 234 g/mol. The van der Waals surface area contributed by atoms with Crippen molar-refractivity contribution >= 4 is 11.6 Å². The number of carbonyl (C=O) groups excluding carboxylic acids is 1. The lowest BCUT2D eigenvalue weighted by Gasteiger charge is -2.22. The van der Waals surface area contributed by atoms with E-state index in [1.165, 1.54) is 0 Å². The van der Waals surface area contributed by atoms with Gasteiger partial charge in [-0.25, -0.2) is 0 Å². The van der Waals surface area contributed by atoms with Crippen molar-refractivity contribution in [2.45, 2.75) is 6.10 Å². The lowest BCUT2D eigenvalue weighted by molar-refractivity contribution is -0.0855. The van der Waals surface area contributed by atoms with Crippen molar-refractivity contribution in [1.82, 2.24) is 10.3 Å². The number of pyridine rings is 1. The molecule has 0 aromatic carbocycles. The molecule has 2 N–H and O–H groups in total. The van der Waals surface area contributed by atoms with Gasteiger partial charge in [0.05, 0.1) is 25.9 Å². The molecule has 1 fully saturated rings. The molecule has 1 saturated heterocycles. The largest absolute Gasteiger partial charge is 0.388 e. The average molecular weight is 251 g/mol. The molecule has 1 aromatic rings. The second kappa shape index (κ2) is 6.32. The summed E-state index contributed by atoms with van der Waals surface area (Å²) in [5, 5.41) is 5.75. The van der Waals surface area contributed by atoms with Gasteiger partial charge in [0.2, 0.25) is 0 Å². The molecule has 1 aliphatic heterocycles. The molecule has 0 aliphatic carbocycles. The summed E-state index contributed by atoms with van der Waals surface area (Å²) < 4.78 is 10.7. The highest BCUT2D eigenvalue weighted by atomic mass is 16.6. The first-order chi connectivity index (χ1) is 8.79. The normalized spacial score (nSPS) is 19.3. The van der Waals surface area contributed by atoms with Crippen LogP contribution >= 0.6 is 0 Å². The van der Waals surface area contributed by atoms with Crippen LogP contribution in [0.3, 0.4) is 0 Å². The molecule has 1 unspecified atom stereocenters. The minimum absolute atomic E-state index is 0.0739. The third-order valence-electron chi connectivity index (χ3n) is 2.66. The molecule has 6 nitrogen and oxygen atoms in total. The molecule has 0 bridgehead atoms. The highest BCUT2D eigenvalue weighted by Crippen LogP contribution is 2.06. The summed E-state index contributed by atoms with van der Waals surface area (Å²) in [6.45, 7) is 2.15. The van der Waals surface area contributed by atoms with Gasteiger partial charge in [0.25, 0.3) is 5.91 Å². The summed E-state index contributed by atoms with van der Waals surface area (Å²) in [6, 6.07) is 3.50. The maximum atomic E-state index is 11.9. The van der Waals surface area contributed by atoms with Crippen LogP contribution in [0.15, 0.2) is 18.3 Å². The van der Waals surface area contributed by atoms with Crippen LogP contribution in [0.4, 0.5) is 5.69 Å². The Morgan fingerprint density at radius 2 is 2.44 bits per heavy atom. The maximum Gasteiger partial charge on any atom is 0.270 e. The number of hydrogen-bond acceptors (Lipinski definition) is 5. The fourth-order valence-corrected chi connectivity index (χ4v) is 1.66. The Morgan fingerprint density at radius 3 is 3.17 bits per heavy atom. The van der Waals surface area contributed by atoms with Gasteiger partial charge in [-0.3, -0.25) is 9.78 Å². The second-order valence-electron chi connectivity index (χ2n) is 3.96. The van der Waals surface area contributed by atoms with Gasteiger partial charge in [-0.1, -0.05) is 0 Å². The SMILES string of the molecule is CNc1ccnc(C(=O)NCC2COCCO2)c1. The summed E-state index contributed by atoms with van der Waals surface area (Å²) in [6.07, 6.45) is 1.52. The van der Waals surface area contributed by atoms with Crippen LogP contribution in [0.5, 0.6) is 0 Å². The number of nitrogens with zero attached hydrogens (tertiary/aromatic N) is 1. The maximum absolute atomic E-state index is 11.9. The smallest absolute Gasteiger partial charge is 0.270 e. The van der Waals surface area contributed by atoms with Gasteiger partial charge in [-0.2, -0.15) is 0 Å². The van der Waals surface area contributed by atoms with Crippen molar-refractivity contribution in [3.63, 3.8) is 0 Å². The molecule has 98 valence electrons. The number of aromatic nitrogens is 1. The van der Waals surface area contributed by atoms with Gasteiger partial charge in [0, 0.05) is 25.5 Å². The van der Waals surface area contributed by atoms with Crippen LogP contribution in [-0.2, 0) is 9.47 Å². The molecule has 1 amide bonds. The zero-order chi connectivity index (χ0) is 12.8. The van der Waals surface area contributed by atoms with Gasteiger partial charge in [-0.05, 0) is 12.1 Å². The topological polar surface area (TPSA) is 72.5 Å². The van der Waals surface area contributed by atoms with E-state index in [2.05, 4.69) is 15.6 Å². The average Bonchev–Trinajstić information content (AvgIpc) is 2.46. The Bertz CT molecular complexity index is 405. The second-order valence-corrected chi connectivity index (χ2v) is 3.96. The minimum Gasteiger partial charge on any atom is -0.388 e. The Hall–Kier alpha value is -1.66. The standard InChI is InChI=1S/C12H17N3O3/c1-13-9-2-3-14-11(6-9)12(16)15-7-10-8-17-4-5-18-10/h2-3,6,10H,4-5,7-8H2,1H3,(H,13,14)(H,15,16).